The summed E-state index contributed by atoms with van der Waals surface area (Å²) in [5.41, 5.74) is 0. The molecule has 0 aromatic carbocycles. The monoisotopic (exact) mass is 401 g/mol. The van der Waals surface area contributed by atoms with Gasteiger partial charge in [-0.2, -0.15) is 11.8 Å². The van der Waals surface area contributed by atoms with Crippen LogP contribution in [0, 0.1) is 5.92 Å². The Labute approximate surface area is 136 Å². The first-order valence-corrected chi connectivity index (χ1v) is 7.36. The Morgan fingerprint density at radius 3 is 2.79 bits per heavy atom. The van der Waals surface area contributed by atoms with E-state index in [0.29, 0.717) is 11.8 Å². The maximum absolute atomic E-state index is 11.3. The molecule has 2 N–H and O–H groups in total. The topological polar surface area (TPSA) is 62.7 Å². The van der Waals surface area contributed by atoms with Crippen molar-refractivity contribution in [3.63, 3.8) is 0 Å². The number of halogens is 1. The smallest absolute Gasteiger partial charge is 0.310 e. The van der Waals surface area contributed by atoms with Gasteiger partial charge in [-0.05, 0) is 18.6 Å². The summed E-state index contributed by atoms with van der Waals surface area (Å²) in [5.74, 6) is 1.63. The molecule has 5 nitrogen and oxygen atoms in total. The molecule has 1 aliphatic rings. The molecule has 7 heteroatoms. The zero-order chi connectivity index (χ0) is 13.4. The van der Waals surface area contributed by atoms with E-state index < -0.39 is 0 Å². The van der Waals surface area contributed by atoms with Gasteiger partial charge in [0.15, 0.2) is 5.96 Å². The number of aliphatic imine (C=N–C) groups is 1. The molecule has 0 bridgehead atoms. The lowest BCUT2D eigenvalue weighted by molar-refractivity contribution is -0.144. The number of nitrogens with one attached hydrogen (secondary N) is 2. The van der Waals surface area contributed by atoms with Crippen LogP contribution in [-0.2, 0) is 9.53 Å². The van der Waals surface area contributed by atoms with Crippen molar-refractivity contribution < 1.29 is 9.53 Å². The van der Waals surface area contributed by atoms with Crippen molar-refractivity contribution in [3.05, 3.63) is 0 Å². The molecule has 112 valence electrons. The highest BCUT2D eigenvalue weighted by Gasteiger charge is 2.16. The van der Waals surface area contributed by atoms with Crippen molar-refractivity contribution >= 4 is 47.7 Å². The Balaban J connectivity index is 0.00000324. The van der Waals surface area contributed by atoms with Crippen molar-refractivity contribution in [1.29, 1.82) is 0 Å². The van der Waals surface area contributed by atoms with E-state index in [2.05, 4.69) is 20.4 Å². The molecule has 0 radical (unpaired) electrons. The number of ether oxygens (including phenoxy) is 1. The highest BCUT2D eigenvalue weighted by atomic mass is 127. The third-order valence-corrected chi connectivity index (χ3v) is 4.32. The van der Waals surface area contributed by atoms with E-state index in [0.717, 1.165) is 12.5 Å². The van der Waals surface area contributed by atoms with Crippen LogP contribution in [0.4, 0.5) is 0 Å². The quantitative estimate of drug-likeness (QED) is 0.316. The van der Waals surface area contributed by atoms with Crippen LogP contribution < -0.4 is 10.6 Å². The van der Waals surface area contributed by atoms with Crippen LogP contribution in [0.25, 0.3) is 0 Å². The first-order valence-electron chi connectivity index (χ1n) is 6.31. The van der Waals surface area contributed by atoms with Gasteiger partial charge in [0.25, 0.3) is 0 Å². The molecule has 2 unspecified atom stereocenters. The van der Waals surface area contributed by atoms with E-state index in [1.807, 2.05) is 18.7 Å². The van der Waals surface area contributed by atoms with Gasteiger partial charge in [0.1, 0.15) is 0 Å². The Kier molecular flexibility index (Phi) is 10.5. The number of esters is 1. The van der Waals surface area contributed by atoms with E-state index in [4.69, 9.17) is 0 Å². The van der Waals surface area contributed by atoms with Crippen molar-refractivity contribution in [2.75, 3.05) is 33.0 Å². The van der Waals surface area contributed by atoms with Crippen molar-refractivity contribution in [1.82, 2.24) is 10.6 Å². The van der Waals surface area contributed by atoms with Crippen molar-refractivity contribution in [2.45, 2.75) is 25.0 Å². The highest BCUT2D eigenvalue weighted by Crippen LogP contribution is 2.25. The predicted molar refractivity (Wildman–Crippen MR) is 91.4 cm³/mol. The largest absolute Gasteiger partial charge is 0.469 e. The Morgan fingerprint density at radius 1 is 1.53 bits per heavy atom. The van der Waals surface area contributed by atoms with Gasteiger partial charge in [-0.1, -0.05) is 6.92 Å². The molecular weight excluding hydrogens is 377 g/mol. The summed E-state index contributed by atoms with van der Waals surface area (Å²) in [4.78, 5) is 15.4. The number of nitrogens with zero attached hydrogens (tertiary/aromatic N) is 1. The van der Waals surface area contributed by atoms with E-state index >= 15 is 0 Å². The van der Waals surface area contributed by atoms with Gasteiger partial charge in [-0.25, -0.2) is 0 Å². The van der Waals surface area contributed by atoms with Crippen LogP contribution in [0.1, 0.15) is 19.8 Å². The summed E-state index contributed by atoms with van der Waals surface area (Å²) in [6.07, 6.45) is 2.58. The summed E-state index contributed by atoms with van der Waals surface area (Å²) in [6.45, 7) is 3.29. The SMILES string of the molecule is CN=C(NCC1CCCS1)NCC(C)C(=O)OC.I. The molecule has 1 heterocycles. The Morgan fingerprint density at radius 2 is 2.26 bits per heavy atom. The van der Waals surface area contributed by atoms with Gasteiger partial charge in [0.05, 0.1) is 13.0 Å². The molecule has 1 aliphatic heterocycles. The lowest BCUT2D eigenvalue weighted by atomic mass is 10.2. The number of carbonyl (C=O) groups excluding carboxylic acids is 1. The van der Waals surface area contributed by atoms with Crippen molar-refractivity contribution in [3.8, 4) is 0 Å². The number of hydrogen-bond acceptors (Lipinski definition) is 4. The molecular formula is C12H24IN3O2S. The predicted octanol–water partition coefficient (Wildman–Crippen LogP) is 1.47. The fourth-order valence-corrected chi connectivity index (χ4v) is 2.97. The van der Waals surface area contributed by atoms with Gasteiger partial charge in [-0.15, -0.1) is 24.0 Å². The Hall–Kier alpha value is -0.180. The molecule has 0 aliphatic carbocycles. The maximum Gasteiger partial charge on any atom is 0.310 e. The average Bonchev–Trinajstić information content (AvgIpc) is 2.90. The maximum atomic E-state index is 11.3. The van der Waals surface area contributed by atoms with Gasteiger partial charge < -0.3 is 15.4 Å². The van der Waals surface area contributed by atoms with Gasteiger partial charge >= 0.3 is 5.97 Å². The number of guanidine groups is 1. The normalized spacial score (nSPS) is 20.4. The summed E-state index contributed by atoms with van der Waals surface area (Å²) in [6, 6.07) is 0. The van der Waals surface area contributed by atoms with Crippen LogP contribution >= 0.6 is 35.7 Å². The van der Waals surface area contributed by atoms with Gasteiger partial charge in [0, 0.05) is 25.4 Å². The number of hydrogen-bond donors (Lipinski definition) is 2. The fourth-order valence-electron chi connectivity index (χ4n) is 1.77. The van der Waals surface area contributed by atoms with Crippen LogP contribution in [0.15, 0.2) is 4.99 Å². The molecule has 0 spiro atoms. The minimum atomic E-state index is -0.204. The number of carbonyl (C=O) groups is 1. The minimum Gasteiger partial charge on any atom is -0.469 e. The van der Waals surface area contributed by atoms with Gasteiger partial charge in [0.2, 0.25) is 0 Å². The first kappa shape index (κ1) is 18.8. The van der Waals surface area contributed by atoms with E-state index in [9.17, 15) is 4.79 Å². The molecule has 1 rings (SSSR count). The summed E-state index contributed by atoms with van der Waals surface area (Å²) in [5, 5.41) is 7.11. The molecule has 1 saturated heterocycles. The molecule has 1 fully saturated rings. The molecule has 19 heavy (non-hydrogen) atoms. The second-order valence-corrected chi connectivity index (χ2v) is 5.80. The third-order valence-electron chi connectivity index (χ3n) is 2.92. The second kappa shape index (κ2) is 10.6. The zero-order valence-electron chi connectivity index (χ0n) is 11.8. The van der Waals surface area contributed by atoms with Crippen LogP contribution in [0.3, 0.4) is 0 Å². The summed E-state index contributed by atoms with van der Waals surface area (Å²) >= 11 is 2.01. The molecule has 2 atom stereocenters. The lowest BCUT2D eigenvalue weighted by Crippen LogP contribution is -2.42. The van der Waals surface area contributed by atoms with E-state index in [1.54, 1.807) is 7.05 Å². The Bertz CT molecular complexity index is 297. The zero-order valence-corrected chi connectivity index (χ0v) is 14.9. The number of thioether (sulfide) groups is 1. The first-order chi connectivity index (χ1) is 8.67. The summed E-state index contributed by atoms with van der Waals surface area (Å²) < 4.78 is 4.68. The van der Waals surface area contributed by atoms with Crippen LogP contribution in [0.2, 0.25) is 0 Å². The standard InChI is InChI=1S/C12H23N3O2S.HI/c1-9(11(16)17-3)7-14-12(13-2)15-8-10-5-4-6-18-10;/h9-10H,4-8H2,1-3H3,(H2,13,14,15);1H. The van der Waals surface area contributed by atoms with Crippen LogP contribution in [0.5, 0.6) is 0 Å². The molecule has 0 aromatic heterocycles. The number of rotatable bonds is 5. The highest BCUT2D eigenvalue weighted by molar-refractivity contribution is 14.0. The third kappa shape index (κ3) is 7.24. The van der Waals surface area contributed by atoms with E-state index in [1.165, 1.54) is 25.7 Å². The minimum absolute atomic E-state index is 0. The van der Waals surface area contributed by atoms with Gasteiger partial charge in [-0.3, -0.25) is 9.79 Å². The molecule has 0 amide bonds. The second-order valence-electron chi connectivity index (χ2n) is 4.39. The van der Waals surface area contributed by atoms with Crippen LogP contribution in [-0.4, -0.2) is 50.2 Å². The average molecular weight is 401 g/mol. The lowest BCUT2D eigenvalue weighted by Gasteiger charge is -2.16. The van der Waals surface area contributed by atoms with E-state index in [-0.39, 0.29) is 35.9 Å². The fraction of sp³-hybridized carbons (Fsp3) is 0.833. The molecule has 0 saturated carbocycles. The summed E-state index contributed by atoms with van der Waals surface area (Å²) in [7, 11) is 3.14. The molecule has 0 aromatic rings. The van der Waals surface area contributed by atoms with Crippen molar-refractivity contribution in [2.24, 2.45) is 10.9 Å². The number of methoxy groups -OCH3 is 1.